The summed E-state index contributed by atoms with van der Waals surface area (Å²) in [5, 5.41) is 11.1. The molecule has 1 aromatic heterocycles. The minimum Gasteiger partial charge on any atom is -0.544 e. The number of nitrogens with zero attached hydrogens (tertiary/aromatic N) is 1. The van der Waals surface area contributed by atoms with E-state index in [1.54, 1.807) is 0 Å². The van der Waals surface area contributed by atoms with Crippen LogP contribution in [0.1, 0.15) is 50.1 Å². The van der Waals surface area contributed by atoms with Gasteiger partial charge in [-0.1, -0.05) is 56.3 Å². The number of hydrogen-bond acceptors (Lipinski definition) is 6. The van der Waals surface area contributed by atoms with Crippen LogP contribution in [0.4, 0.5) is 0 Å². The number of ether oxygens (including phenoxy) is 1. The first-order chi connectivity index (χ1) is 13.3. The van der Waals surface area contributed by atoms with Crippen LogP contribution in [0, 0.1) is 6.92 Å². The second-order valence-corrected chi connectivity index (χ2v) is 7.95. The van der Waals surface area contributed by atoms with Crippen molar-refractivity contribution in [3.05, 3.63) is 81.3 Å². The second-order valence-electron chi connectivity index (χ2n) is 6.95. The summed E-state index contributed by atoms with van der Waals surface area (Å²) in [5.74, 6) is -1.13. The Balaban J connectivity index is 1.67. The number of aromatic carboxylic acids is 1. The van der Waals surface area contributed by atoms with Crippen LogP contribution in [0.15, 0.2) is 54.6 Å². The lowest BCUT2D eigenvalue weighted by molar-refractivity contribution is -0.254. The first-order valence-electron chi connectivity index (χ1n) is 8.80. The molecule has 3 rings (SSSR count). The Labute approximate surface area is 167 Å². The van der Waals surface area contributed by atoms with Crippen LogP contribution in [0.2, 0.25) is 0 Å². The zero-order chi connectivity index (χ0) is 20.3. The van der Waals surface area contributed by atoms with Gasteiger partial charge in [0.15, 0.2) is 11.6 Å². The maximum atomic E-state index is 12.2. The molecular formula is C22H20NO4S-. The summed E-state index contributed by atoms with van der Waals surface area (Å²) in [5.41, 5.74) is 2.46. The second kappa shape index (κ2) is 7.94. The molecule has 0 aliphatic carbocycles. The number of aromatic nitrogens is 1. The van der Waals surface area contributed by atoms with Crippen molar-refractivity contribution in [2.75, 3.05) is 6.61 Å². The lowest BCUT2D eigenvalue weighted by Crippen LogP contribution is -2.21. The van der Waals surface area contributed by atoms with Crippen molar-refractivity contribution in [3.8, 4) is 5.75 Å². The molecule has 0 saturated heterocycles. The van der Waals surface area contributed by atoms with Crippen LogP contribution < -0.4 is 9.84 Å². The monoisotopic (exact) mass is 394 g/mol. The van der Waals surface area contributed by atoms with E-state index >= 15 is 0 Å². The van der Waals surface area contributed by atoms with Gasteiger partial charge in [0.05, 0.1) is 16.5 Å². The molecule has 0 saturated carbocycles. The van der Waals surface area contributed by atoms with Gasteiger partial charge in [-0.2, -0.15) is 0 Å². The summed E-state index contributed by atoms with van der Waals surface area (Å²) in [6.07, 6.45) is 0. The number of carbonyl (C=O) groups is 2. The van der Waals surface area contributed by atoms with Gasteiger partial charge in [-0.15, -0.1) is 11.3 Å². The van der Waals surface area contributed by atoms with Gasteiger partial charge in [0.2, 0.25) is 5.78 Å². The molecule has 5 nitrogen and oxygen atoms in total. The highest BCUT2D eigenvalue weighted by Crippen LogP contribution is 2.32. The maximum Gasteiger partial charge on any atom is 0.228 e. The van der Waals surface area contributed by atoms with E-state index in [0.717, 1.165) is 16.9 Å². The summed E-state index contributed by atoms with van der Waals surface area (Å²) >= 11 is 0.812. The van der Waals surface area contributed by atoms with Crippen molar-refractivity contribution in [3.63, 3.8) is 0 Å². The highest BCUT2D eigenvalue weighted by Gasteiger charge is 2.22. The van der Waals surface area contributed by atoms with E-state index in [-0.39, 0.29) is 33.4 Å². The summed E-state index contributed by atoms with van der Waals surface area (Å²) < 4.78 is 5.56. The van der Waals surface area contributed by atoms with E-state index < -0.39 is 5.97 Å². The number of rotatable bonds is 7. The number of carboxylic acids is 1. The molecule has 6 heteroatoms. The van der Waals surface area contributed by atoms with Crippen molar-refractivity contribution in [2.24, 2.45) is 0 Å². The van der Waals surface area contributed by atoms with Crippen LogP contribution in [-0.4, -0.2) is 23.3 Å². The quantitative estimate of drug-likeness (QED) is 0.574. The first kappa shape index (κ1) is 19.8. The molecule has 0 fully saturated rings. The van der Waals surface area contributed by atoms with Gasteiger partial charge in [0.25, 0.3) is 0 Å². The number of benzene rings is 2. The molecule has 0 unspecified atom stereocenters. The van der Waals surface area contributed by atoms with Gasteiger partial charge in [-0.05, 0) is 30.2 Å². The molecule has 3 aromatic rings. The van der Waals surface area contributed by atoms with E-state index in [2.05, 4.69) is 31.0 Å². The lowest BCUT2D eigenvalue weighted by atomic mass is 9.78. The zero-order valence-electron chi connectivity index (χ0n) is 15.9. The average molecular weight is 394 g/mol. The number of carboxylic acid groups (broad SMARTS) is 1. The normalized spacial score (nSPS) is 11.2. The van der Waals surface area contributed by atoms with Gasteiger partial charge in [0.1, 0.15) is 5.75 Å². The topological polar surface area (TPSA) is 79.3 Å². The van der Waals surface area contributed by atoms with Crippen LogP contribution >= 0.6 is 11.3 Å². The Hall–Kier alpha value is -2.99. The number of ketones is 1. The average Bonchev–Trinajstić information content (AvgIpc) is 3.09. The van der Waals surface area contributed by atoms with E-state index in [1.165, 1.54) is 12.5 Å². The number of thiazole rings is 1. The molecule has 0 spiro atoms. The van der Waals surface area contributed by atoms with E-state index in [1.807, 2.05) is 42.5 Å². The third-order valence-corrected chi connectivity index (χ3v) is 5.84. The van der Waals surface area contributed by atoms with Crippen molar-refractivity contribution >= 4 is 23.1 Å². The summed E-state index contributed by atoms with van der Waals surface area (Å²) in [4.78, 5) is 27.2. The van der Waals surface area contributed by atoms with Crippen molar-refractivity contribution < 1.29 is 19.4 Å². The smallest absolute Gasteiger partial charge is 0.228 e. The van der Waals surface area contributed by atoms with Crippen molar-refractivity contribution in [1.29, 1.82) is 0 Å². The summed E-state index contributed by atoms with van der Waals surface area (Å²) in [7, 11) is 0. The SMILES string of the molecule is Cc1nc(C(=O)COc2ccc(C(C)(C)c3ccccc3)cc2)sc1C(=O)[O-]. The third kappa shape index (κ3) is 4.12. The van der Waals surface area contributed by atoms with Gasteiger partial charge in [-0.25, -0.2) is 4.98 Å². The summed E-state index contributed by atoms with van der Waals surface area (Å²) in [6, 6.07) is 17.8. The van der Waals surface area contributed by atoms with E-state index in [4.69, 9.17) is 4.74 Å². The predicted molar refractivity (Wildman–Crippen MR) is 106 cm³/mol. The summed E-state index contributed by atoms with van der Waals surface area (Å²) in [6.45, 7) is 5.64. The molecule has 0 bridgehead atoms. The van der Waals surface area contributed by atoms with Crippen molar-refractivity contribution in [2.45, 2.75) is 26.2 Å². The zero-order valence-corrected chi connectivity index (χ0v) is 16.7. The molecule has 0 aliphatic heterocycles. The lowest BCUT2D eigenvalue weighted by Gasteiger charge is -2.26. The number of carbonyl (C=O) groups excluding carboxylic acids is 2. The number of aryl methyl sites for hydroxylation is 1. The Morgan fingerprint density at radius 2 is 1.64 bits per heavy atom. The minimum atomic E-state index is -1.33. The fraction of sp³-hybridized carbons (Fsp3) is 0.227. The highest BCUT2D eigenvalue weighted by atomic mass is 32.1. The fourth-order valence-electron chi connectivity index (χ4n) is 2.91. The third-order valence-electron chi connectivity index (χ3n) is 4.66. The molecule has 0 radical (unpaired) electrons. The van der Waals surface area contributed by atoms with Gasteiger partial charge in [-0.3, -0.25) is 4.79 Å². The molecule has 1 heterocycles. The molecular weight excluding hydrogens is 374 g/mol. The molecule has 28 heavy (non-hydrogen) atoms. The van der Waals surface area contributed by atoms with Crippen LogP contribution in [0.25, 0.3) is 0 Å². The first-order valence-corrected chi connectivity index (χ1v) is 9.61. The van der Waals surface area contributed by atoms with Crippen LogP contribution in [0.3, 0.4) is 0 Å². The largest absolute Gasteiger partial charge is 0.544 e. The van der Waals surface area contributed by atoms with Crippen LogP contribution in [0.5, 0.6) is 5.75 Å². The predicted octanol–water partition coefficient (Wildman–Crippen LogP) is 3.40. The maximum absolute atomic E-state index is 12.2. The standard InChI is InChI=1S/C22H21NO4S/c1-14-19(21(25)26)28-20(23-14)18(24)13-27-17-11-9-16(10-12-17)22(2,3)15-7-5-4-6-8-15/h4-12H,13H2,1-3H3,(H,25,26)/p-1. The Bertz CT molecular complexity index is 991. The molecule has 0 aliphatic rings. The minimum absolute atomic E-state index is 0.0316. The van der Waals surface area contributed by atoms with Crippen LogP contribution in [-0.2, 0) is 5.41 Å². The Morgan fingerprint density at radius 3 is 2.21 bits per heavy atom. The number of Topliss-reactive ketones (excluding diaryl/α,β-unsaturated/α-hetero) is 1. The molecule has 0 N–H and O–H groups in total. The van der Waals surface area contributed by atoms with E-state index in [9.17, 15) is 14.7 Å². The molecule has 144 valence electrons. The molecule has 0 amide bonds. The molecule has 2 aromatic carbocycles. The van der Waals surface area contributed by atoms with E-state index in [0.29, 0.717) is 5.75 Å². The van der Waals surface area contributed by atoms with Gasteiger partial charge < -0.3 is 14.6 Å². The number of hydrogen-bond donors (Lipinski definition) is 0. The fourth-order valence-corrected chi connectivity index (χ4v) is 3.73. The van der Waals surface area contributed by atoms with Crippen molar-refractivity contribution in [1.82, 2.24) is 4.98 Å². The molecule has 0 atom stereocenters. The highest BCUT2D eigenvalue weighted by molar-refractivity contribution is 7.15. The van der Waals surface area contributed by atoms with Gasteiger partial charge in [0, 0.05) is 5.41 Å². The Kier molecular flexibility index (Phi) is 5.61. The Morgan fingerprint density at radius 1 is 1.04 bits per heavy atom. The van der Waals surface area contributed by atoms with Gasteiger partial charge >= 0.3 is 0 Å².